The van der Waals surface area contributed by atoms with Gasteiger partial charge in [-0.05, 0) is 41.7 Å². The van der Waals surface area contributed by atoms with Crippen LogP contribution >= 0.6 is 11.6 Å². The zero-order valence-electron chi connectivity index (χ0n) is 15.6. The van der Waals surface area contributed by atoms with Crippen molar-refractivity contribution < 1.29 is 9.53 Å². The van der Waals surface area contributed by atoms with E-state index in [1.54, 1.807) is 0 Å². The molecule has 1 unspecified atom stereocenters. The van der Waals surface area contributed by atoms with Gasteiger partial charge in [-0.25, -0.2) is 0 Å². The molecule has 1 aromatic rings. The Morgan fingerprint density at radius 1 is 1.09 bits per heavy atom. The van der Waals surface area contributed by atoms with Gasteiger partial charge in [0.25, 0.3) is 0 Å². The van der Waals surface area contributed by atoms with Gasteiger partial charge in [0, 0.05) is 5.56 Å². The summed E-state index contributed by atoms with van der Waals surface area (Å²) in [5, 5.41) is -0.598. The third kappa shape index (κ3) is 4.73. The minimum atomic E-state index is -0.598. The first kappa shape index (κ1) is 20.0. The fourth-order valence-electron chi connectivity index (χ4n) is 2.30. The zero-order chi connectivity index (χ0) is 17.8. The third-order valence-electron chi connectivity index (χ3n) is 5.08. The molecule has 3 heteroatoms. The van der Waals surface area contributed by atoms with Crippen LogP contribution in [0.3, 0.4) is 0 Å². The maximum Gasteiger partial charge on any atom is 0.329 e. The van der Waals surface area contributed by atoms with E-state index in [2.05, 4.69) is 53.7 Å². The highest BCUT2D eigenvalue weighted by Crippen LogP contribution is 2.38. The minimum Gasteiger partial charge on any atom is -0.425 e. The van der Waals surface area contributed by atoms with Crippen molar-refractivity contribution in [2.45, 2.75) is 83.9 Å². The zero-order valence-corrected chi connectivity index (χ0v) is 16.4. The van der Waals surface area contributed by atoms with Crippen LogP contribution in [0.15, 0.2) is 18.2 Å². The largest absolute Gasteiger partial charge is 0.425 e. The van der Waals surface area contributed by atoms with Crippen LogP contribution in [-0.2, 0) is 15.6 Å². The average Bonchev–Trinajstić information content (AvgIpc) is 2.53. The molecule has 0 fully saturated rings. The number of hydrogen-bond acceptors (Lipinski definition) is 2. The average molecular weight is 339 g/mol. The summed E-state index contributed by atoms with van der Waals surface area (Å²) in [6.07, 6.45) is 2.58. The molecule has 0 aliphatic rings. The molecule has 0 saturated carbocycles. The molecule has 1 atom stereocenters. The smallest absolute Gasteiger partial charge is 0.329 e. The number of carbonyl (C=O) groups is 1. The molecule has 0 N–H and O–H groups in total. The van der Waals surface area contributed by atoms with Crippen molar-refractivity contribution in [3.05, 3.63) is 29.3 Å². The van der Waals surface area contributed by atoms with E-state index in [0.29, 0.717) is 12.2 Å². The molecule has 1 rings (SSSR count). The predicted octanol–water partition coefficient (Wildman–Crippen LogP) is 5.98. The molecular weight excluding hydrogens is 308 g/mol. The second-order valence-corrected chi connectivity index (χ2v) is 8.01. The Morgan fingerprint density at radius 2 is 1.65 bits per heavy atom. The Labute approximate surface area is 146 Å². The van der Waals surface area contributed by atoms with Crippen LogP contribution in [0.25, 0.3) is 0 Å². The van der Waals surface area contributed by atoms with Gasteiger partial charge < -0.3 is 4.74 Å². The number of benzene rings is 1. The number of ether oxygens (including phenoxy) is 1. The lowest BCUT2D eigenvalue weighted by molar-refractivity contribution is -0.134. The van der Waals surface area contributed by atoms with Crippen molar-refractivity contribution in [3.8, 4) is 5.75 Å². The van der Waals surface area contributed by atoms with E-state index in [4.69, 9.17) is 16.3 Å². The summed E-state index contributed by atoms with van der Waals surface area (Å²) in [6.45, 7) is 15.1. The summed E-state index contributed by atoms with van der Waals surface area (Å²) in [5.41, 5.74) is 2.38. The lowest BCUT2D eigenvalue weighted by atomic mass is 9.76. The molecule has 0 spiro atoms. The fourth-order valence-corrected chi connectivity index (χ4v) is 2.35. The van der Waals surface area contributed by atoms with Gasteiger partial charge in [-0.3, -0.25) is 4.79 Å². The normalized spacial score (nSPS) is 13.7. The van der Waals surface area contributed by atoms with Gasteiger partial charge in [0.05, 0.1) is 0 Å². The molecule has 1 aromatic carbocycles. The fraction of sp³-hybridized carbons (Fsp3) is 0.650. The van der Waals surface area contributed by atoms with Crippen LogP contribution < -0.4 is 4.74 Å². The highest BCUT2D eigenvalue weighted by atomic mass is 35.5. The third-order valence-corrected chi connectivity index (χ3v) is 5.57. The first-order valence-electron chi connectivity index (χ1n) is 8.59. The van der Waals surface area contributed by atoms with Crippen molar-refractivity contribution >= 4 is 17.6 Å². The number of hydrogen-bond donors (Lipinski definition) is 0. The maximum absolute atomic E-state index is 12.1. The first-order valence-corrected chi connectivity index (χ1v) is 9.03. The van der Waals surface area contributed by atoms with Gasteiger partial charge >= 0.3 is 5.97 Å². The van der Waals surface area contributed by atoms with Crippen LogP contribution in [0.5, 0.6) is 5.75 Å². The van der Waals surface area contributed by atoms with E-state index in [9.17, 15) is 4.79 Å². The Hall–Kier alpha value is -1.02. The second-order valence-electron chi connectivity index (χ2n) is 7.48. The number of halogens is 1. The molecule has 0 amide bonds. The van der Waals surface area contributed by atoms with Crippen molar-refractivity contribution in [2.75, 3.05) is 0 Å². The topological polar surface area (TPSA) is 26.3 Å². The van der Waals surface area contributed by atoms with Crippen LogP contribution in [-0.4, -0.2) is 11.3 Å². The number of rotatable bonds is 7. The van der Waals surface area contributed by atoms with E-state index in [-0.39, 0.29) is 16.8 Å². The Bertz CT molecular complexity index is 547. The molecular formula is C20H31ClO2. The van der Waals surface area contributed by atoms with E-state index in [1.165, 1.54) is 5.56 Å². The molecule has 0 aromatic heterocycles. The van der Waals surface area contributed by atoms with Crippen molar-refractivity contribution in [3.63, 3.8) is 0 Å². The molecule has 0 saturated heterocycles. The van der Waals surface area contributed by atoms with Crippen molar-refractivity contribution in [1.29, 1.82) is 0 Å². The predicted molar refractivity (Wildman–Crippen MR) is 98.6 cm³/mol. The first-order chi connectivity index (χ1) is 10.6. The molecule has 0 bridgehead atoms. The SMILES string of the molecule is CCC(Cl)C(=O)Oc1ccc(C(C)(C)CC)cc1C(C)(C)CC. The number of esters is 1. The molecule has 130 valence electrons. The summed E-state index contributed by atoms with van der Waals surface area (Å²) in [5.74, 6) is 0.265. The van der Waals surface area contributed by atoms with Gasteiger partial charge in [0.1, 0.15) is 11.1 Å². The van der Waals surface area contributed by atoms with E-state index < -0.39 is 5.38 Å². The van der Waals surface area contributed by atoms with E-state index in [0.717, 1.165) is 18.4 Å². The second kappa shape index (κ2) is 7.70. The molecule has 0 aliphatic heterocycles. The van der Waals surface area contributed by atoms with Crippen LogP contribution in [0, 0.1) is 0 Å². The molecule has 0 heterocycles. The Morgan fingerprint density at radius 3 is 2.13 bits per heavy atom. The summed E-state index contributed by atoms with van der Waals surface area (Å²) in [7, 11) is 0. The summed E-state index contributed by atoms with van der Waals surface area (Å²) in [6, 6.07) is 6.19. The molecule has 0 radical (unpaired) electrons. The quantitative estimate of drug-likeness (QED) is 0.347. The summed E-state index contributed by atoms with van der Waals surface area (Å²) < 4.78 is 5.62. The summed E-state index contributed by atoms with van der Waals surface area (Å²) in [4.78, 5) is 12.1. The highest BCUT2D eigenvalue weighted by molar-refractivity contribution is 6.30. The standard InChI is InChI=1S/C20H31ClO2/c1-8-16(21)18(22)23-17-12-11-14(19(4,5)9-2)13-15(17)20(6,7)10-3/h11-13,16H,8-10H2,1-7H3. The van der Waals surface area contributed by atoms with Gasteiger partial charge in [0.15, 0.2) is 0 Å². The van der Waals surface area contributed by atoms with Crippen LogP contribution in [0.1, 0.15) is 78.9 Å². The number of carbonyl (C=O) groups excluding carboxylic acids is 1. The summed E-state index contributed by atoms with van der Waals surface area (Å²) >= 11 is 6.02. The Balaban J connectivity index is 3.33. The minimum absolute atomic E-state index is 0.0660. The lowest BCUT2D eigenvalue weighted by Crippen LogP contribution is -2.25. The van der Waals surface area contributed by atoms with Gasteiger partial charge in [-0.1, -0.05) is 60.6 Å². The maximum atomic E-state index is 12.1. The highest BCUT2D eigenvalue weighted by Gasteiger charge is 2.28. The van der Waals surface area contributed by atoms with Crippen LogP contribution in [0.2, 0.25) is 0 Å². The lowest BCUT2D eigenvalue weighted by Gasteiger charge is -2.30. The van der Waals surface area contributed by atoms with Crippen molar-refractivity contribution in [2.24, 2.45) is 0 Å². The van der Waals surface area contributed by atoms with Crippen molar-refractivity contribution in [1.82, 2.24) is 0 Å². The van der Waals surface area contributed by atoms with Gasteiger partial charge in [0.2, 0.25) is 0 Å². The van der Waals surface area contributed by atoms with Gasteiger partial charge in [-0.2, -0.15) is 0 Å². The number of alkyl halides is 1. The molecule has 0 aliphatic carbocycles. The van der Waals surface area contributed by atoms with Gasteiger partial charge in [-0.15, -0.1) is 11.6 Å². The van der Waals surface area contributed by atoms with E-state index in [1.807, 2.05) is 13.0 Å². The van der Waals surface area contributed by atoms with E-state index >= 15 is 0 Å². The molecule has 2 nitrogen and oxygen atoms in total. The van der Waals surface area contributed by atoms with Crippen LogP contribution in [0.4, 0.5) is 0 Å². The monoisotopic (exact) mass is 338 g/mol. The molecule has 23 heavy (non-hydrogen) atoms. The Kier molecular flexibility index (Phi) is 6.70.